The first-order valence-electron chi connectivity index (χ1n) is 7.30. The molecule has 0 saturated heterocycles. The van der Waals surface area contributed by atoms with Crippen LogP contribution in [0.25, 0.3) is 0 Å². The average molecular weight is 373 g/mol. The first kappa shape index (κ1) is 19.1. The maximum atomic E-state index is 13.1. The van der Waals surface area contributed by atoms with Crippen molar-refractivity contribution >= 4 is 23.2 Å². The highest BCUT2D eigenvalue weighted by Gasteiger charge is 2.10. The summed E-state index contributed by atoms with van der Waals surface area (Å²) >= 11 is 5.66. The third-order valence-electron chi connectivity index (χ3n) is 3.22. The van der Waals surface area contributed by atoms with E-state index in [1.54, 1.807) is 24.1 Å². The van der Waals surface area contributed by atoms with Crippen LogP contribution in [0.4, 0.5) is 18.9 Å². The zero-order chi connectivity index (χ0) is 18.4. The van der Waals surface area contributed by atoms with Gasteiger partial charge in [0.2, 0.25) is 5.91 Å². The molecule has 25 heavy (non-hydrogen) atoms. The van der Waals surface area contributed by atoms with Crippen LogP contribution in [-0.2, 0) is 11.3 Å². The Morgan fingerprint density at radius 3 is 2.52 bits per heavy atom. The number of alkyl halides is 2. The second-order valence-electron chi connectivity index (χ2n) is 5.37. The van der Waals surface area contributed by atoms with Crippen LogP contribution in [0.2, 0.25) is 5.02 Å². The summed E-state index contributed by atoms with van der Waals surface area (Å²) in [5.74, 6) is -0.772. The van der Waals surface area contributed by atoms with Crippen molar-refractivity contribution in [2.75, 3.05) is 18.9 Å². The van der Waals surface area contributed by atoms with Crippen molar-refractivity contribution in [3.05, 3.63) is 58.9 Å². The van der Waals surface area contributed by atoms with Gasteiger partial charge in [-0.3, -0.25) is 9.69 Å². The molecule has 0 heterocycles. The molecule has 2 rings (SSSR count). The largest absolute Gasteiger partial charge is 0.435 e. The number of benzene rings is 2. The Bertz CT molecular complexity index is 726. The SMILES string of the molecule is CN(CC(=O)Nc1ccc(F)c(Cl)c1)Cc1ccc(OC(F)F)cc1. The molecule has 0 atom stereocenters. The van der Waals surface area contributed by atoms with E-state index in [0.717, 1.165) is 5.56 Å². The van der Waals surface area contributed by atoms with Gasteiger partial charge in [-0.1, -0.05) is 23.7 Å². The molecule has 134 valence electrons. The lowest BCUT2D eigenvalue weighted by molar-refractivity contribution is -0.117. The Hall–Kier alpha value is -2.25. The van der Waals surface area contributed by atoms with Crippen molar-refractivity contribution in [2.45, 2.75) is 13.2 Å². The zero-order valence-electron chi connectivity index (χ0n) is 13.3. The molecule has 0 aliphatic heterocycles. The number of ether oxygens (including phenoxy) is 1. The number of likely N-dealkylation sites (N-methyl/N-ethyl adjacent to an activating group) is 1. The predicted octanol–water partition coefficient (Wildman–Crippen LogP) is 4.15. The molecule has 1 amide bonds. The van der Waals surface area contributed by atoms with Crippen molar-refractivity contribution in [3.63, 3.8) is 0 Å². The zero-order valence-corrected chi connectivity index (χ0v) is 14.1. The second-order valence-corrected chi connectivity index (χ2v) is 5.78. The summed E-state index contributed by atoms with van der Waals surface area (Å²) < 4.78 is 41.6. The number of carbonyl (C=O) groups is 1. The molecule has 2 aromatic rings. The molecule has 0 radical (unpaired) electrons. The molecule has 0 aliphatic carbocycles. The van der Waals surface area contributed by atoms with Gasteiger partial charge in [-0.15, -0.1) is 0 Å². The van der Waals surface area contributed by atoms with Gasteiger partial charge in [0.25, 0.3) is 0 Å². The molecular formula is C17H16ClF3N2O2. The monoisotopic (exact) mass is 372 g/mol. The van der Waals surface area contributed by atoms with Crippen LogP contribution in [0.15, 0.2) is 42.5 Å². The quantitative estimate of drug-likeness (QED) is 0.793. The van der Waals surface area contributed by atoms with Crippen LogP contribution >= 0.6 is 11.6 Å². The molecule has 0 fully saturated rings. The molecule has 0 aliphatic rings. The van der Waals surface area contributed by atoms with Crippen molar-refractivity contribution in [2.24, 2.45) is 0 Å². The Balaban J connectivity index is 1.85. The standard InChI is InChI=1S/C17H16ClF3N2O2/c1-23(9-11-2-5-13(6-3-11)25-17(20)21)10-16(24)22-12-4-7-15(19)14(18)8-12/h2-8,17H,9-10H2,1H3,(H,22,24). The number of amides is 1. The maximum absolute atomic E-state index is 13.1. The lowest BCUT2D eigenvalue weighted by atomic mass is 10.2. The molecule has 0 saturated carbocycles. The first-order chi connectivity index (χ1) is 11.8. The van der Waals surface area contributed by atoms with Gasteiger partial charge >= 0.3 is 6.61 Å². The highest BCUT2D eigenvalue weighted by atomic mass is 35.5. The van der Waals surface area contributed by atoms with Crippen molar-refractivity contribution in [1.29, 1.82) is 0 Å². The van der Waals surface area contributed by atoms with Gasteiger partial charge in [0.1, 0.15) is 11.6 Å². The number of rotatable bonds is 7. The van der Waals surface area contributed by atoms with Gasteiger partial charge in [0.05, 0.1) is 11.6 Å². The van der Waals surface area contributed by atoms with Crippen molar-refractivity contribution in [1.82, 2.24) is 4.90 Å². The number of nitrogens with one attached hydrogen (secondary N) is 1. The minimum Gasteiger partial charge on any atom is -0.435 e. The van der Waals surface area contributed by atoms with Gasteiger partial charge in [-0.2, -0.15) is 8.78 Å². The molecule has 0 bridgehead atoms. The number of carbonyl (C=O) groups excluding carboxylic acids is 1. The lowest BCUT2D eigenvalue weighted by Gasteiger charge is -2.17. The predicted molar refractivity (Wildman–Crippen MR) is 89.4 cm³/mol. The number of hydrogen-bond donors (Lipinski definition) is 1. The first-order valence-corrected chi connectivity index (χ1v) is 7.68. The van der Waals surface area contributed by atoms with Crippen LogP contribution < -0.4 is 10.1 Å². The van der Waals surface area contributed by atoms with E-state index in [-0.39, 0.29) is 23.2 Å². The number of hydrogen-bond acceptors (Lipinski definition) is 3. The highest BCUT2D eigenvalue weighted by Crippen LogP contribution is 2.19. The highest BCUT2D eigenvalue weighted by molar-refractivity contribution is 6.31. The lowest BCUT2D eigenvalue weighted by Crippen LogP contribution is -2.29. The van der Waals surface area contributed by atoms with E-state index in [2.05, 4.69) is 10.1 Å². The van der Waals surface area contributed by atoms with Crippen molar-refractivity contribution < 1.29 is 22.7 Å². The van der Waals surface area contributed by atoms with Crippen LogP contribution in [0.5, 0.6) is 5.75 Å². The van der Waals surface area contributed by atoms with E-state index < -0.39 is 12.4 Å². The number of anilines is 1. The third kappa shape index (κ3) is 6.28. The summed E-state index contributed by atoms with van der Waals surface area (Å²) in [6.45, 7) is -2.34. The molecular weight excluding hydrogens is 357 g/mol. The van der Waals surface area contributed by atoms with Gasteiger partial charge < -0.3 is 10.1 Å². The fraction of sp³-hybridized carbons (Fsp3) is 0.235. The summed E-state index contributed by atoms with van der Waals surface area (Å²) in [6.07, 6.45) is 0. The summed E-state index contributed by atoms with van der Waals surface area (Å²) in [7, 11) is 1.74. The summed E-state index contributed by atoms with van der Waals surface area (Å²) in [4.78, 5) is 13.7. The van der Waals surface area contributed by atoms with E-state index >= 15 is 0 Å². The van der Waals surface area contributed by atoms with Gasteiger partial charge in [0, 0.05) is 12.2 Å². The Morgan fingerprint density at radius 2 is 1.92 bits per heavy atom. The molecule has 0 unspecified atom stereocenters. The fourth-order valence-corrected chi connectivity index (χ4v) is 2.34. The second kappa shape index (κ2) is 8.73. The smallest absolute Gasteiger partial charge is 0.387 e. The normalized spacial score (nSPS) is 11.0. The number of nitrogens with zero attached hydrogens (tertiary/aromatic N) is 1. The van der Waals surface area contributed by atoms with Crippen LogP contribution in [-0.4, -0.2) is 31.0 Å². The minimum absolute atomic E-state index is 0.0720. The minimum atomic E-state index is -2.86. The maximum Gasteiger partial charge on any atom is 0.387 e. The Kier molecular flexibility index (Phi) is 6.66. The number of halogens is 4. The molecule has 0 spiro atoms. The van der Waals surface area contributed by atoms with Crippen molar-refractivity contribution in [3.8, 4) is 5.75 Å². The van der Waals surface area contributed by atoms with Gasteiger partial charge in [0.15, 0.2) is 0 Å². The Labute approximate surface area is 148 Å². The molecule has 4 nitrogen and oxygen atoms in total. The van der Waals surface area contributed by atoms with Crippen LogP contribution in [0.3, 0.4) is 0 Å². The average Bonchev–Trinajstić information content (AvgIpc) is 2.52. The summed E-state index contributed by atoms with van der Waals surface area (Å²) in [5, 5.41) is 2.55. The Morgan fingerprint density at radius 1 is 1.24 bits per heavy atom. The van der Waals surface area contributed by atoms with Gasteiger partial charge in [-0.05, 0) is 42.9 Å². The molecule has 2 aromatic carbocycles. The molecule has 1 N–H and O–H groups in total. The summed E-state index contributed by atoms with van der Waals surface area (Å²) in [6, 6.07) is 10.1. The van der Waals surface area contributed by atoms with E-state index in [0.29, 0.717) is 12.2 Å². The van der Waals surface area contributed by atoms with E-state index in [1.165, 1.54) is 30.3 Å². The van der Waals surface area contributed by atoms with E-state index in [9.17, 15) is 18.0 Å². The van der Waals surface area contributed by atoms with Gasteiger partial charge in [-0.25, -0.2) is 4.39 Å². The molecule has 0 aromatic heterocycles. The fourth-order valence-electron chi connectivity index (χ4n) is 2.16. The molecule has 8 heteroatoms. The van der Waals surface area contributed by atoms with E-state index in [4.69, 9.17) is 11.6 Å². The van der Waals surface area contributed by atoms with E-state index in [1.807, 2.05) is 0 Å². The summed E-state index contributed by atoms with van der Waals surface area (Å²) in [5.41, 5.74) is 1.24. The van der Waals surface area contributed by atoms with Crippen LogP contribution in [0.1, 0.15) is 5.56 Å². The van der Waals surface area contributed by atoms with Crippen LogP contribution in [0, 0.1) is 5.82 Å². The topological polar surface area (TPSA) is 41.6 Å². The third-order valence-corrected chi connectivity index (χ3v) is 3.51.